The third-order valence-electron chi connectivity index (χ3n) is 3.68. The molecule has 2 aromatic heterocycles. The number of nitrogens with two attached hydrogens (primary N) is 2. The van der Waals surface area contributed by atoms with Gasteiger partial charge < -0.3 is 16.4 Å². The fraction of sp³-hybridized carbons (Fsp3) is 0.333. The van der Waals surface area contributed by atoms with Gasteiger partial charge in [0, 0.05) is 7.05 Å². The van der Waals surface area contributed by atoms with E-state index in [2.05, 4.69) is 15.1 Å². The minimum atomic E-state index is -0.327. The summed E-state index contributed by atoms with van der Waals surface area (Å²) in [6.45, 7) is 2.17. The summed E-state index contributed by atoms with van der Waals surface area (Å²) in [5, 5.41) is 4.13. The van der Waals surface area contributed by atoms with Gasteiger partial charge in [-0.15, -0.1) is 0 Å². The lowest BCUT2D eigenvalue weighted by Gasteiger charge is -2.13. The Balaban J connectivity index is 1.94. The molecule has 0 saturated heterocycles. The maximum atomic E-state index is 12.5. The van der Waals surface area contributed by atoms with Crippen LogP contribution in [0.15, 0.2) is 4.79 Å². The quantitative estimate of drug-likeness (QED) is 0.624. The number of rotatable bonds is 1. The van der Waals surface area contributed by atoms with Gasteiger partial charge in [-0.25, -0.2) is 4.98 Å². The molecule has 110 valence electrons. The Hall–Kier alpha value is -2.84. The number of nitrogens with zero attached hydrogens (tertiary/aromatic N) is 4. The van der Waals surface area contributed by atoms with Gasteiger partial charge in [0.25, 0.3) is 11.5 Å². The molecule has 1 amide bonds. The molecule has 3 heterocycles. The standard InChI is InChI=1S/C12H15N7O2/c1-5-8(13)9(17-18(5)2)11(21)19-3-6-7(4-19)15-12(14)16-10(6)20/h3-4,13H2,1-2H3,(H3,14,15,16,20). The number of carbonyl (C=O) groups excluding carboxylic acids is 1. The SMILES string of the molecule is Cc1c(N)c(C(=O)N2Cc3nc(N)[nH]c(=O)c3C2)nn1C. The molecule has 0 atom stereocenters. The number of amides is 1. The second-order valence-electron chi connectivity index (χ2n) is 5.01. The molecule has 2 aromatic rings. The molecule has 9 nitrogen and oxygen atoms in total. The largest absolute Gasteiger partial charge is 0.395 e. The topological polar surface area (TPSA) is 136 Å². The van der Waals surface area contributed by atoms with Crippen LogP contribution in [0.2, 0.25) is 0 Å². The number of carbonyl (C=O) groups is 1. The Bertz CT molecular complexity index is 805. The third-order valence-corrected chi connectivity index (χ3v) is 3.68. The lowest BCUT2D eigenvalue weighted by atomic mass is 10.2. The molecule has 5 N–H and O–H groups in total. The molecule has 0 unspecified atom stereocenters. The van der Waals surface area contributed by atoms with Gasteiger partial charge in [-0.05, 0) is 6.92 Å². The predicted octanol–water partition coefficient (Wildman–Crippen LogP) is -0.868. The van der Waals surface area contributed by atoms with E-state index in [1.807, 2.05) is 0 Å². The maximum absolute atomic E-state index is 12.5. The van der Waals surface area contributed by atoms with Crippen molar-refractivity contribution in [3.63, 3.8) is 0 Å². The van der Waals surface area contributed by atoms with Crippen molar-refractivity contribution in [2.24, 2.45) is 7.05 Å². The first kappa shape index (κ1) is 13.2. The van der Waals surface area contributed by atoms with Crippen LogP contribution in [-0.2, 0) is 20.1 Å². The Morgan fingerprint density at radius 3 is 2.67 bits per heavy atom. The van der Waals surface area contributed by atoms with E-state index in [0.717, 1.165) is 5.69 Å². The Morgan fingerprint density at radius 1 is 1.33 bits per heavy atom. The van der Waals surface area contributed by atoms with Gasteiger partial charge in [0.05, 0.1) is 35.7 Å². The second-order valence-corrected chi connectivity index (χ2v) is 5.01. The van der Waals surface area contributed by atoms with E-state index in [4.69, 9.17) is 11.5 Å². The number of H-pyrrole nitrogens is 1. The van der Waals surface area contributed by atoms with E-state index >= 15 is 0 Å². The summed E-state index contributed by atoms with van der Waals surface area (Å²) < 4.78 is 1.55. The average molecular weight is 289 g/mol. The highest BCUT2D eigenvalue weighted by Gasteiger charge is 2.30. The monoisotopic (exact) mass is 289 g/mol. The minimum Gasteiger partial charge on any atom is -0.395 e. The summed E-state index contributed by atoms with van der Waals surface area (Å²) in [6, 6.07) is 0. The van der Waals surface area contributed by atoms with E-state index < -0.39 is 0 Å². The summed E-state index contributed by atoms with van der Waals surface area (Å²) in [5.74, 6) is -0.284. The molecule has 1 aliphatic heterocycles. The van der Waals surface area contributed by atoms with Crippen LogP contribution in [0, 0.1) is 6.92 Å². The number of nitrogens with one attached hydrogen (secondary N) is 1. The van der Waals surface area contributed by atoms with Crippen LogP contribution < -0.4 is 17.0 Å². The van der Waals surface area contributed by atoms with Crippen LogP contribution in [0.3, 0.4) is 0 Å². The van der Waals surface area contributed by atoms with Crippen molar-refractivity contribution in [2.75, 3.05) is 11.5 Å². The molecule has 1 aliphatic rings. The number of nitrogen functional groups attached to an aromatic ring is 2. The van der Waals surface area contributed by atoms with E-state index in [9.17, 15) is 9.59 Å². The summed E-state index contributed by atoms with van der Waals surface area (Å²) in [7, 11) is 1.72. The first-order valence-electron chi connectivity index (χ1n) is 6.34. The molecular formula is C12H15N7O2. The zero-order chi connectivity index (χ0) is 15.3. The van der Waals surface area contributed by atoms with Crippen LogP contribution in [0.5, 0.6) is 0 Å². The zero-order valence-corrected chi connectivity index (χ0v) is 11.7. The van der Waals surface area contributed by atoms with Crippen molar-refractivity contribution in [3.05, 3.63) is 33.0 Å². The average Bonchev–Trinajstić information content (AvgIpc) is 2.95. The molecule has 0 saturated carbocycles. The summed E-state index contributed by atoms with van der Waals surface area (Å²) >= 11 is 0. The van der Waals surface area contributed by atoms with E-state index in [0.29, 0.717) is 16.9 Å². The Labute approximate surface area is 119 Å². The molecule has 0 aliphatic carbocycles. The van der Waals surface area contributed by atoms with Gasteiger partial charge in [-0.3, -0.25) is 19.3 Å². The van der Waals surface area contributed by atoms with Crippen molar-refractivity contribution < 1.29 is 4.79 Å². The molecule has 9 heteroatoms. The van der Waals surface area contributed by atoms with Crippen molar-refractivity contribution in [1.82, 2.24) is 24.6 Å². The highest BCUT2D eigenvalue weighted by atomic mass is 16.2. The minimum absolute atomic E-state index is 0.0428. The third kappa shape index (κ3) is 1.93. The molecule has 0 fully saturated rings. The molecule has 0 radical (unpaired) electrons. The number of aryl methyl sites for hydroxylation is 1. The summed E-state index contributed by atoms with van der Waals surface area (Å²) in [4.78, 5) is 32.3. The summed E-state index contributed by atoms with van der Waals surface area (Å²) in [5.41, 5.74) is 13.3. The number of fused-ring (bicyclic) bond motifs is 1. The molecule has 3 rings (SSSR count). The second kappa shape index (κ2) is 4.33. The highest BCUT2D eigenvalue weighted by Crippen LogP contribution is 2.23. The smallest absolute Gasteiger partial charge is 0.277 e. The number of hydrogen-bond acceptors (Lipinski definition) is 6. The van der Waals surface area contributed by atoms with Crippen LogP contribution >= 0.6 is 0 Å². The summed E-state index contributed by atoms with van der Waals surface area (Å²) in [6.07, 6.45) is 0. The predicted molar refractivity (Wildman–Crippen MR) is 75.2 cm³/mol. The van der Waals surface area contributed by atoms with Crippen molar-refractivity contribution in [3.8, 4) is 0 Å². The van der Waals surface area contributed by atoms with Crippen LogP contribution in [0.1, 0.15) is 27.4 Å². The Morgan fingerprint density at radius 2 is 2.05 bits per heavy atom. The van der Waals surface area contributed by atoms with Crippen molar-refractivity contribution in [1.29, 1.82) is 0 Å². The van der Waals surface area contributed by atoms with E-state index in [1.54, 1.807) is 18.7 Å². The van der Waals surface area contributed by atoms with E-state index in [-0.39, 0.29) is 36.2 Å². The maximum Gasteiger partial charge on any atom is 0.277 e. The van der Waals surface area contributed by atoms with Crippen LogP contribution in [0.25, 0.3) is 0 Å². The van der Waals surface area contributed by atoms with Crippen LogP contribution in [0.4, 0.5) is 11.6 Å². The van der Waals surface area contributed by atoms with Gasteiger partial charge in [0.1, 0.15) is 0 Å². The fourth-order valence-electron chi connectivity index (χ4n) is 2.36. The molecular weight excluding hydrogens is 274 g/mol. The molecule has 0 spiro atoms. The van der Waals surface area contributed by atoms with Crippen molar-refractivity contribution in [2.45, 2.75) is 20.0 Å². The number of aromatic nitrogens is 4. The highest BCUT2D eigenvalue weighted by molar-refractivity contribution is 5.97. The number of aromatic amines is 1. The van der Waals surface area contributed by atoms with Crippen molar-refractivity contribution >= 4 is 17.5 Å². The molecule has 21 heavy (non-hydrogen) atoms. The lowest BCUT2D eigenvalue weighted by molar-refractivity contribution is 0.0744. The number of anilines is 2. The molecule has 0 bridgehead atoms. The lowest BCUT2D eigenvalue weighted by Crippen LogP contribution is -2.27. The van der Waals surface area contributed by atoms with Gasteiger partial charge in [0.15, 0.2) is 5.69 Å². The van der Waals surface area contributed by atoms with Gasteiger partial charge >= 0.3 is 0 Å². The normalized spacial score (nSPS) is 13.5. The Kier molecular flexibility index (Phi) is 2.71. The van der Waals surface area contributed by atoms with Gasteiger partial charge in [0.2, 0.25) is 5.95 Å². The first-order valence-corrected chi connectivity index (χ1v) is 6.34. The number of hydrogen-bond donors (Lipinski definition) is 3. The van der Waals surface area contributed by atoms with Gasteiger partial charge in [-0.1, -0.05) is 0 Å². The molecule has 0 aromatic carbocycles. The van der Waals surface area contributed by atoms with Gasteiger partial charge in [-0.2, -0.15) is 5.10 Å². The first-order chi connectivity index (χ1) is 9.88. The van der Waals surface area contributed by atoms with Crippen LogP contribution in [-0.4, -0.2) is 30.6 Å². The zero-order valence-electron chi connectivity index (χ0n) is 11.7. The van der Waals surface area contributed by atoms with E-state index in [1.165, 1.54) is 4.90 Å². The fourth-order valence-corrected chi connectivity index (χ4v) is 2.36.